The first kappa shape index (κ1) is 25.1. The second-order valence-electron chi connectivity index (χ2n) is 7.83. The Morgan fingerprint density at radius 3 is 2.67 bits per heavy atom. The Hall–Kier alpha value is -1.16. The summed E-state index contributed by atoms with van der Waals surface area (Å²) in [5, 5.41) is 9.80. The fourth-order valence-corrected chi connectivity index (χ4v) is 3.86. The fourth-order valence-electron chi connectivity index (χ4n) is 3.56. The van der Waals surface area contributed by atoms with E-state index in [-0.39, 0.29) is 6.54 Å². The lowest BCUT2D eigenvalue weighted by Crippen LogP contribution is -2.70. The second kappa shape index (κ2) is 12.0. The number of nitrogens with zero attached hydrogens (tertiary/aromatic N) is 3. The molecule has 1 aromatic rings. The van der Waals surface area contributed by atoms with Crippen LogP contribution in [-0.2, 0) is 0 Å². The number of rotatable bonds is 9. The molecule has 1 aliphatic rings. The molecule has 2 amide bonds. The van der Waals surface area contributed by atoms with Crippen molar-refractivity contribution in [3.05, 3.63) is 28.2 Å². The lowest BCUT2D eigenvalue weighted by molar-refractivity contribution is -0.0797. The van der Waals surface area contributed by atoms with Crippen LogP contribution in [0.2, 0.25) is 10.0 Å². The van der Waals surface area contributed by atoms with Gasteiger partial charge in [-0.05, 0) is 65.3 Å². The van der Waals surface area contributed by atoms with E-state index in [0.29, 0.717) is 28.8 Å². The standard InChI is InChI=1S/C20H33Cl2FN6O/c1-5-10-29-13-17(23)18(24-9-6-11-27(2)3)28(4)20(29)26-19(30)25-14-7-8-15(21)16(22)12-14/h7-8,12,17-18,20,24H,5-6,9-11,13H2,1-4H3,(H2,25,26,30). The Balaban J connectivity index is 2.02. The highest BCUT2D eigenvalue weighted by Gasteiger charge is 2.40. The molecule has 0 bridgehead atoms. The molecule has 0 spiro atoms. The zero-order valence-electron chi connectivity index (χ0n) is 18.1. The molecule has 3 unspecified atom stereocenters. The number of nitrogens with one attached hydrogen (secondary N) is 3. The molecule has 1 heterocycles. The van der Waals surface area contributed by atoms with Gasteiger partial charge in [-0.2, -0.15) is 0 Å². The van der Waals surface area contributed by atoms with Crippen LogP contribution in [0.3, 0.4) is 0 Å². The third-order valence-corrected chi connectivity index (χ3v) is 5.75. The average molecular weight is 463 g/mol. The molecule has 1 aliphatic heterocycles. The van der Waals surface area contributed by atoms with Crippen molar-refractivity contribution in [1.29, 1.82) is 0 Å². The van der Waals surface area contributed by atoms with Crippen molar-refractivity contribution in [2.45, 2.75) is 38.4 Å². The smallest absolute Gasteiger partial charge is 0.309 e. The maximum atomic E-state index is 14.9. The topological polar surface area (TPSA) is 62.9 Å². The van der Waals surface area contributed by atoms with Gasteiger partial charge in [0.2, 0.25) is 0 Å². The Morgan fingerprint density at radius 1 is 1.30 bits per heavy atom. The Bertz CT molecular complexity index is 695. The van der Waals surface area contributed by atoms with Gasteiger partial charge < -0.3 is 15.5 Å². The minimum Gasteiger partial charge on any atom is -0.309 e. The molecular weight excluding hydrogens is 430 g/mol. The molecule has 7 nitrogen and oxygen atoms in total. The van der Waals surface area contributed by atoms with E-state index in [2.05, 4.69) is 20.9 Å². The van der Waals surface area contributed by atoms with E-state index in [0.717, 1.165) is 19.4 Å². The number of anilines is 1. The summed E-state index contributed by atoms with van der Waals surface area (Å²) in [5.41, 5.74) is 0.532. The molecule has 170 valence electrons. The van der Waals surface area contributed by atoms with Crippen LogP contribution in [0.5, 0.6) is 0 Å². The summed E-state index contributed by atoms with van der Waals surface area (Å²) in [6.45, 7) is 4.59. The van der Waals surface area contributed by atoms with Crippen molar-refractivity contribution in [1.82, 2.24) is 25.3 Å². The van der Waals surface area contributed by atoms with E-state index >= 15 is 0 Å². The van der Waals surface area contributed by atoms with Crippen LogP contribution in [0.25, 0.3) is 0 Å². The number of benzene rings is 1. The Morgan fingerprint density at radius 2 is 2.03 bits per heavy atom. The number of urea groups is 1. The van der Waals surface area contributed by atoms with Gasteiger partial charge in [0, 0.05) is 18.8 Å². The van der Waals surface area contributed by atoms with Crippen molar-refractivity contribution in [2.24, 2.45) is 0 Å². The number of carbonyl (C=O) groups is 1. The first-order valence-electron chi connectivity index (χ1n) is 10.2. The zero-order chi connectivity index (χ0) is 22.3. The van der Waals surface area contributed by atoms with Gasteiger partial charge in [-0.15, -0.1) is 0 Å². The van der Waals surface area contributed by atoms with Crippen LogP contribution in [0.4, 0.5) is 14.9 Å². The van der Waals surface area contributed by atoms with Crippen molar-refractivity contribution in [2.75, 3.05) is 52.6 Å². The summed E-state index contributed by atoms with van der Waals surface area (Å²) in [6, 6.07) is 4.49. The molecular formula is C20H33Cl2FN6O. The van der Waals surface area contributed by atoms with E-state index in [1.807, 2.05) is 37.9 Å². The van der Waals surface area contributed by atoms with Gasteiger partial charge in [0.05, 0.1) is 16.2 Å². The zero-order valence-corrected chi connectivity index (χ0v) is 19.6. The largest absolute Gasteiger partial charge is 0.321 e. The third-order valence-electron chi connectivity index (χ3n) is 5.01. The summed E-state index contributed by atoms with van der Waals surface area (Å²) in [6.07, 6.45) is -0.203. The van der Waals surface area contributed by atoms with E-state index in [1.165, 1.54) is 0 Å². The quantitative estimate of drug-likeness (QED) is 0.491. The molecule has 0 saturated carbocycles. The van der Waals surface area contributed by atoms with Gasteiger partial charge in [-0.25, -0.2) is 9.18 Å². The number of hydrogen-bond donors (Lipinski definition) is 3. The number of alkyl halides is 1. The van der Waals surface area contributed by atoms with Crippen LogP contribution in [0, 0.1) is 0 Å². The Kier molecular flexibility index (Phi) is 10.1. The SMILES string of the molecule is CCCN1CC(F)C(NCCCN(C)C)N(C)C1NC(=O)Nc1ccc(Cl)c(Cl)c1. The number of carbonyl (C=O) groups excluding carboxylic acids is 1. The monoisotopic (exact) mass is 462 g/mol. The van der Waals surface area contributed by atoms with Gasteiger partial charge in [-0.1, -0.05) is 30.1 Å². The van der Waals surface area contributed by atoms with Gasteiger partial charge in [0.25, 0.3) is 0 Å². The number of hydrogen-bond acceptors (Lipinski definition) is 5. The minimum atomic E-state index is -1.06. The fraction of sp³-hybridized carbons (Fsp3) is 0.650. The van der Waals surface area contributed by atoms with E-state index < -0.39 is 24.7 Å². The molecule has 0 aromatic heterocycles. The molecule has 0 aliphatic carbocycles. The summed E-state index contributed by atoms with van der Waals surface area (Å²) >= 11 is 11.9. The molecule has 3 atom stereocenters. The predicted molar refractivity (Wildman–Crippen MR) is 122 cm³/mol. The van der Waals surface area contributed by atoms with Crippen molar-refractivity contribution in [3.63, 3.8) is 0 Å². The molecule has 3 N–H and O–H groups in total. The van der Waals surface area contributed by atoms with Crippen LogP contribution >= 0.6 is 23.2 Å². The highest BCUT2D eigenvalue weighted by atomic mass is 35.5. The van der Waals surface area contributed by atoms with E-state index in [4.69, 9.17) is 23.2 Å². The highest BCUT2D eigenvalue weighted by molar-refractivity contribution is 6.42. The summed E-state index contributed by atoms with van der Waals surface area (Å²) in [5.74, 6) is 0. The van der Waals surface area contributed by atoms with E-state index in [9.17, 15) is 9.18 Å². The van der Waals surface area contributed by atoms with Gasteiger partial charge in [0.15, 0.2) is 0 Å². The first-order valence-corrected chi connectivity index (χ1v) is 11.0. The van der Waals surface area contributed by atoms with Gasteiger partial charge in [-0.3, -0.25) is 15.1 Å². The third kappa shape index (κ3) is 7.21. The molecule has 0 radical (unpaired) electrons. The van der Waals surface area contributed by atoms with Crippen LogP contribution < -0.4 is 16.0 Å². The molecule has 1 fully saturated rings. The number of amides is 2. The summed E-state index contributed by atoms with van der Waals surface area (Å²) < 4.78 is 14.9. The van der Waals surface area contributed by atoms with Crippen LogP contribution in [-0.4, -0.2) is 86.7 Å². The molecule has 2 rings (SSSR count). The minimum absolute atomic E-state index is 0.251. The van der Waals surface area contributed by atoms with Gasteiger partial charge in [0.1, 0.15) is 12.5 Å². The lowest BCUT2D eigenvalue weighted by Gasteiger charge is -2.48. The molecule has 1 saturated heterocycles. The maximum Gasteiger partial charge on any atom is 0.321 e. The van der Waals surface area contributed by atoms with Crippen molar-refractivity contribution < 1.29 is 9.18 Å². The Labute approximate surface area is 188 Å². The van der Waals surface area contributed by atoms with Crippen molar-refractivity contribution in [3.8, 4) is 0 Å². The molecule has 1 aromatic carbocycles. The molecule has 30 heavy (non-hydrogen) atoms. The van der Waals surface area contributed by atoms with E-state index in [1.54, 1.807) is 18.2 Å². The lowest BCUT2D eigenvalue weighted by atomic mass is 10.1. The van der Waals surface area contributed by atoms with Crippen LogP contribution in [0.1, 0.15) is 19.8 Å². The number of halogens is 3. The second-order valence-corrected chi connectivity index (χ2v) is 8.65. The van der Waals surface area contributed by atoms with Crippen LogP contribution in [0.15, 0.2) is 18.2 Å². The molecule has 10 heteroatoms. The average Bonchev–Trinajstić information content (AvgIpc) is 2.67. The van der Waals surface area contributed by atoms with Crippen molar-refractivity contribution >= 4 is 34.9 Å². The maximum absolute atomic E-state index is 14.9. The normalized spacial score (nSPS) is 23.0. The predicted octanol–water partition coefficient (Wildman–Crippen LogP) is 3.26. The first-order chi connectivity index (χ1) is 14.2. The van der Waals surface area contributed by atoms with Gasteiger partial charge >= 0.3 is 6.03 Å². The highest BCUT2D eigenvalue weighted by Crippen LogP contribution is 2.25. The summed E-state index contributed by atoms with van der Waals surface area (Å²) in [7, 11) is 5.85. The summed E-state index contributed by atoms with van der Waals surface area (Å²) in [4.78, 5) is 18.5.